The lowest BCUT2D eigenvalue weighted by atomic mass is 10.2. The number of carbonyl (C=O) groups excluding carboxylic acids is 1. The maximum Gasteiger partial charge on any atom is 0.411 e. The summed E-state index contributed by atoms with van der Waals surface area (Å²) in [5.74, 6) is -0.241. The van der Waals surface area contributed by atoms with Gasteiger partial charge in [-0.2, -0.15) is 0 Å². The Labute approximate surface area is 139 Å². The van der Waals surface area contributed by atoms with Crippen LogP contribution in [0.2, 0.25) is 0 Å². The molecule has 0 bridgehead atoms. The Hall–Kier alpha value is -3.08. The van der Waals surface area contributed by atoms with Crippen molar-refractivity contribution in [2.75, 3.05) is 11.9 Å². The highest BCUT2D eigenvalue weighted by Gasteiger charge is 2.06. The minimum Gasteiger partial charge on any atom is -0.445 e. The number of halogens is 1. The number of nitrogens with one attached hydrogen (secondary N) is 1. The molecule has 3 aromatic rings. The van der Waals surface area contributed by atoms with Crippen molar-refractivity contribution in [1.29, 1.82) is 0 Å². The molecular formula is C19H17FN2O2. The van der Waals surface area contributed by atoms with E-state index in [1.807, 2.05) is 30.5 Å². The van der Waals surface area contributed by atoms with Crippen molar-refractivity contribution in [2.24, 2.45) is 0 Å². The molecule has 0 fully saturated rings. The fourth-order valence-corrected chi connectivity index (χ4v) is 2.49. The molecule has 0 saturated carbocycles. The Kier molecular flexibility index (Phi) is 4.61. The molecule has 5 heteroatoms. The first-order chi connectivity index (χ1) is 11.7. The van der Waals surface area contributed by atoms with Crippen LogP contribution in [0.3, 0.4) is 0 Å². The normalized spacial score (nSPS) is 10.5. The van der Waals surface area contributed by atoms with E-state index in [-0.39, 0.29) is 12.4 Å². The maximum atomic E-state index is 13.0. The molecule has 0 aliphatic heterocycles. The van der Waals surface area contributed by atoms with Gasteiger partial charge in [-0.15, -0.1) is 0 Å². The van der Waals surface area contributed by atoms with Gasteiger partial charge in [0, 0.05) is 29.3 Å². The van der Waals surface area contributed by atoms with Gasteiger partial charge in [0.1, 0.15) is 12.4 Å². The van der Waals surface area contributed by atoms with Crippen LogP contribution in [0.25, 0.3) is 10.9 Å². The van der Waals surface area contributed by atoms with E-state index in [9.17, 15) is 9.18 Å². The number of hydrogen-bond acceptors (Lipinski definition) is 2. The molecule has 122 valence electrons. The highest BCUT2D eigenvalue weighted by atomic mass is 19.1. The summed E-state index contributed by atoms with van der Waals surface area (Å²) in [6.07, 6.45) is 2.96. The molecule has 2 aromatic carbocycles. The number of fused-ring (bicyclic) bond motifs is 1. The summed E-state index contributed by atoms with van der Waals surface area (Å²) in [5, 5.41) is 3.67. The highest BCUT2D eigenvalue weighted by molar-refractivity contribution is 5.90. The highest BCUT2D eigenvalue weighted by Crippen LogP contribution is 2.22. The van der Waals surface area contributed by atoms with Gasteiger partial charge in [0.05, 0.1) is 0 Å². The van der Waals surface area contributed by atoms with Crippen LogP contribution in [0.5, 0.6) is 0 Å². The van der Waals surface area contributed by atoms with Gasteiger partial charge < -0.3 is 9.30 Å². The molecule has 0 aliphatic carbocycles. The van der Waals surface area contributed by atoms with E-state index < -0.39 is 6.09 Å². The first-order valence-corrected chi connectivity index (χ1v) is 7.54. The molecule has 0 atom stereocenters. The molecule has 0 radical (unpaired) electrons. The van der Waals surface area contributed by atoms with Crippen molar-refractivity contribution < 1.29 is 13.9 Å². The number of amides is 1. The third-order valence-corrected chi connectivity index (χ3v) is 3.62. The zero-order chi connectivity index (χ0) is 16.9. The van der Waals surface area contributed by atoms with E-state index >= 15 is 0 Å². The monoisotopic (exact) mass is 324 g/mol. The average Bonchev–Trinajstić information content (AvgIpc) is 2.97. The number of rotatable bonds is 5. The second-order valence-corrected chi connectivity index (χ2v) is 5.36. The second-order valence-electron chi connectivity index (χ2n) is 5.36. The molecule has 0 saturated heterocycles. The largest absolute Gasteiger partial charge is 0.445 e. The van der Waals surface area contributed by atoms with Gasteiger partial charge in [0.2, 0.25) is 0 Å². The van der Waals surface area contributed by atoms with E-state index in [1.165, 1.54) is 18.2 Å². The van der Waals surface area contributed by atoms with Gasteiger partial charge >= 0.3 is 6.09 Å². The Bertz CT molecular complexity index is 869. The van der Waals surface area contributed by atoms with Gasteiger partial charge in [-0.05, 0) is 42.0 Å². The van der Waals surface area contributed by atoms with Gasteiger partial charge in [-0.25, -0.2) is 9.18 Å². The Morgan fingerprint density at radius 3 is 2.75 bits per heavy atom. The molecule has 1 heterocycles. The number of aromatic nitrogens is 1. The van der Waals surface area contributed by atoms with Crippen LogP contribution in [0, 0.1) is 5.82 Å². The molecule has 24 heavy (non-hydrogen) atoms. The van der Waals surface area contributed by atoms with Crippen molar-refractivity contribution in [3.8, 4) is 0 Å². The minimum absolute atomic E-state index is 0.169. The zero-order valence-corrected chi connectivity index (χ0v) is 13.0. The Morgan fingerprint density at radius 1 is 1.21 bits per heavy atom. The van der Waals surface area contributed by atoms with Crippen LogP contribution in [-0.2, 0) is 11.3 Å². The SMILES string of the molecule is C=CCOC(=O)Nc1ccc2c(ccn2Cc2ccc(F)cc2)c1. The molecule has 4 nitrogen and oxygen atoms in total. The quantitative estimate of drug-likeness (QED) is 0.699. The average molecular weight is 324 g/mol. The summed E-state index contributed by atoms with van der Waals surface area (Å²) in [7, 11) is 0. The number of carbonyl (C=O) groups is 1. The summed E-state index contributed by atoms with van der Waals surface area (Å²) in [5.41, 5.74) is 2.71. The lowest BCUT2D eigenvalue weighted by Crippen LogP contribution is -2.13. The van der Waals surface area contributed by atoms with Crippen LogP contribution in [0.1, 0.15) is 5.56 Å². The number of anilines is 1. The molecule has 3 rings (SSSR count). The van der Waals surface area contributed by atoms with Crippen molar-refractivity contribution >= 4 is 22.7 Å². The molecule has 1 amide bonds. The Morgan fingerprint density at radius 2 is 2.00 bits per heavy atom. The van der Waals surface area contributed by atoms with E-state index in [0.29, 0.717) is 12.2 Å². The van der Waals surface area contributed by atoms with Gasteiger partial charge in [-0.1, -0.05) is 24.8 Å². The third-order valence-electron chi connectivity index (χ3n) is 3.62. The van der Waals surface area contributed by atoms with Crippen LogP contribution < -0.4 is 5.32 Å². The van der Waals surface area contributed by atoms with E-state index in [1.54, 1.807) is 12.1 Å². The number of benzene rings is 2. The fourth-order valence-electron chi connectivity index (χ4n) is 2.49. The van der Waals surface area contributed by atoms with Crippen LogP contribution in [0.4, 0.5) is 14.9 Å². The molecule has 1 aromatic heterocycles. The van der Waals surface area contributed by atoms with Crippen molar-refractivity contribution in [1.82, 2.24) is 4.57 Å². The topological polar surface area (TPSA) is 43.3 Å². The number of hydrogen-bond donors (Lipinski definition) is 1. The third kappa shape index (κ3) is 3.63. The summed E-state index contributed by atoms with van der Waals surface area (Å²) in [6.45, 7) is 4.31. The van der Waals surface area contributed by atoms with E-state index in [2.05, 4.69) is 16.5 Å². The van der Waals surface area contributed by atoms with Crippen LogP contribution >= 0.6 is 0 Å². The Balaban J connectivity index is 1.76. The first kappa shape index (κ1) is 15.8. The van der Waals surface area contributed by atoms with Crippen molar-refractivity contribution in [3.63, 3.8) is 0 Å². The lowest BCUT2D eigenvalue weighted by Gasteiger charge is -2.08. The van der Waals surface area contributed by atoms with E-state index in [0.717, 1.165) is 16.5 Å². The lowest BCUT2D eigenvalue weighted by molar-refractivity contribution is 0.174. The smallest absolute Gasteiger partial charge is 0.411 e. The van der Waals surface area contributed by atoms with Crippen molar-refractivity contribution in [2.45, 2.75) is 6.54 Å². The molecule has 1 N–H and O–H groups in total. The summed E-state index contributed by atoms with van der Waals surface area (Å²) in [4.78, 5) is 11.6. The standard InChI is InChI=1S/C19H17FN2O2/c1-2-11-24-19(23)21-17-7-8-18-15(12-17)9-10-22(18)13-14-3-5-16(20)6-4-14/h2-10,12H,1,11,13H2,(H,21,23). The summed E-state index contributed by atoms with van der Waals surface area (Å²) >= 11 is 0. The number of nitrogens with zero attached hydrogens (tertiary/aromatic N) is 1. The molecule has 0 aliphatic rings. The first-order valence-electron chi connectivity index (χ1n) is 7.54. The van der Waals surface area contributed by atoms with Crippen LogP contribution in [0.15, 0.2) is 67.4 Å². The van der Waals surface area contributed by atoms with Gasteiger partial charge in [0.15, 0.2) is 0 Å². The molecular weight excluding hydrogens is 307 g/mol. The predicted molar refractivity (Wildman–Crippen MR) is 92.6 cm³/mol. The second kappa shape index (κ2) is 7.00. The van der Waals surface area contributed by atoms with Gasteiger partial charge in [0.25, 0.3) is 0 Å². The summed E-state index contributed by atoms with van der Waals surface area (Å²) in [6, 6.07) is 14.1. The molecule has 0 unspecified atom stereocenters. The predicted octanol–water partition coefficient (Wildman–Crippen LogP) is 4.56. The maximum absolute atomic E-state index is 13.0. The van der Waals surface area contributed by atoms with Gasteiger partial charge in [-0.3, -0.25) is 5.32 Å². The molecule has 0 spiro atoms. The fraction of sp³-hybridized carbons (Fsp3) is 0.105. The van der Waals surface area contributed by atoms with Crippen LogP contribution in [-0.4, -0.2) is 17.3 Å². The summed E-state index contributed by atoms with van der Waals surface area (Å²) < 4.78 is 20.0. The number of ether oxygens (including phenoxy) is 1. The van der Waals surface area contributed by atoms with E-state index in [4.69, 9.17) is 4.74 Å². The van der Waals surface area contributed by atoms with Crippen molar-refractivity contribution in [3.05, 3.63) is 78.8 Å². The zero-order valence-electron chi connectivity index (χ0n) is 13.0. The minimum atomic E-state index is -0.514.